The van der Waals surface area contributed by atoms with E-state index in [0.29, 0.717) is 45.0 Å². The molecule has 0 spiro atoms. The van der Waals surface area contributed by atoms with Crippen molar-refractivity contribution in [2.24, 2.45) is 0 Å². The predicted octanol–water partition coefficient (Wildman–Crippen LogP) is 4.87. The van der Waals surface area contributed by atoms with Gasteiger partial charge in [0.05, 0.1) is 22.9 Å². The number of fused-ring (bicyclic) bond motifs is 1. The highest BCUT2D eigenvalue weighted by Crippen LogP contribution is 2.46. The van der Waals surface area contributed by atoms with E-state index in [1.807, 2.05) is 24.3 Å². The fraction of sp³-hybridized carbons (Fsp3) is 0.379. The third-order valence-electron chi connectivity index (χ3n) is 7.46. The summed E-state index contributed by atoms with van der Waals surface area (Å²) >= 11 is 12.2. The summed E-state index contributed by atoms with van der Waals surface area (Å²) < 4.78 is 11.6. The molecule has 0 bridgehead atoms. The molecule has 0 radical (unpaired) electrons. The molecular weight excluding hydrogens is 525 g/mol. The van der Waals surface area contributed by atoms with E-state index in [-0.39, 0.29) is 12.5 Å². The van der Waals surface area contributed by atoms with Crippen LogP contribution in [0.5, 0.6) is 0 Å². The molecule has 3 aromatic rings. The fourth-order valence-electron chi connectivity index (χ4n) is 5.30. The molecule has 1 aromatic heterocycles. The van der Waals surface area contributed by atoms with Crippen molar-refractivity contribution >= 4 is 29.1 Å². The number of pyridine rings is 1. The number of hydrogen-bond donors (Lipinski definition) is 2. The quantitative estimate of drug-likeness (QED) is 0.412. The number of aliphatic hydroxyl groups is 1. The zero-order chi connectivity index (χ0) is 26.9. The summed E-state index contributed by atoms with van der Waals surface area (Å²) in [4.78, 5) is 20.1. The Morgan fingerprint density at radius 3 is 2.50 bits per heavy atom. The number of ether oxygens (including phenoxy) is 2. The predicted molar refractivity (Wildman–Crippen MR) is 146 cm³/mol. The van der Waals surface area contributed by atoms with E-state index in [9.17, 15) is 9.90 Å². The second kappa shape index (κ2) is 10.9. The summed E-state index contributed by atoms with van der Waals surface area (Å²) in [5.41, 5.74) is 0.845. The Labute approximate surface area is 232 Å². The summed E-state index contributed by atoms with van der Waals surface area (Å²) in [6.45, 7) is 3.75. The van der Waals surface area contributed by atoms with Gasteiger partial charge in [0, 0.05) is 60.8 Å². The Morgan fingerprint density at radius 1 is 1.13 bits per heavy atom. The van der Waals surface area contributed by atoms with E-state index in [1.54, 1.807) is 55.5 Å². The summed E-state index contributed by atoms with van der Waals surface area (Å²) in [6, 6.07) is 16.6. The lowest BCUT2D eigenvalue weighted by Gasteiger charge is -2.38. The van der Waals surface area contributed by atoms with Crippen LogP contribution in [0.1, 0.15) is 52.5 Å². The van der Waals surface area contributed by atoms with Crippen LogP contribution in [-0.4, -0.2) is 53.8 Å². The molecule has 1 saturated heterocycles. The zero-order valence-corrected chi connectivity index (χ0v) is 22.9. The van der Waals surface area contributed by atoms with E-state index >= 15 is 0 Å². The van der Waals surface area contributed by atoms with Crippen LogP contribution in [0.2, 0.25) is 10.0 Å². The second-order valence-electron chi connectivity index (χ2n) is 10.0. The largest absolute Gasteiger partial charge is 0.384 e. The summed E-state index contributed by atoms with van der Waals surface area (Å²) in [6.07, 6.45) is 3.37. The van der Waals surface area contributed by atoms with Gasteiger partial charge in [-0.15, -0.1) is 0 Å². The lowest BCUT2D eigenvalue weighted by molar-refractivity contribution is -0.0868. The van der Waals surface area contributed by atoms with Crippen LogP contribution in [-0.2, 0) is 27.3 Å². The van der Waals surface area contributed by atoms with Crippen LogP contribution in [0.3, 0.4) is 0 Å². The van der Waals surface area contributed by atoms with E-state index in [4.69, 9.17) is 32.7 Å². The number of hydrogen-bond acceptors (Lipinski definition) is 6. The maximum absolute atomic E-state index is 14.0. The van der Waals surface area contributed by atoms with Crippen molar-refractivity contribution in [3.8, 4) is 0 Å². The van der Waals surface area contributed by atoms with E-state index in [1.165, 1.54) is 0 Å². The van der Waals surface area contributed by atoms with Crippen molar-refractivity contribution in [3.05, 3.63) is 98.8 Å². The van der Waals surface area contributed by atoms with Gasteiger partial charge in [0.1, 0.15) is 0 Å². The SMILES string of the molecule is CO[C@]1(c2ccc(Cl)cc2)c2ccc(C(C)(O)CNC3CCOCC3)cc2C(=O)N1Cc1ccc(Cl)cn1. The average molecular weight is 556 g/mol. The van der Waals surface area contributed by atoms with Crippen LogP contribution in [0.25, 0.3) is 0 Å². The number of aromatic nitrogens is 1. The minimum Gasteiger partial charge on any atom is -0.384 e. The molecule has 0 aliphatic carbocycles. The molecule has 1 unspecified atom stereocenters. The summed E-state index contributed by atoms with van der Waals surface area (Å²) in [5.74, 6) is -0.219. The molecular formula is C29H31Cl2N3O4. The van der Waals surface area contributed by atoms with Crippen molar-refractivity contribution < 1.29 is 19.4 Å². The molecule has 7 nitrogen and oxygen atoms in total. The number of benzene rings is 2. The minimum atomic E-state index is -1.21. The number of methoxy groups -OCH3 is 1. The Bertz CT molecular complexity index is 1290. The molecule has 200 valence electrons. The average Bonchev–Trinajstić information content (AvgIpc) is 3.17. The zero-order valence-electron chi connectivity index (χ0n) is 21.4. The first-order chi connectivity index (χ1) is 18.2. The summed E-state index contributed by atoms with van der Waals surface area (Å²) in [7, 11) is 1.58. The normalized spacial score (nSPS) is 21.4. The number of halogens is 2. The van der Waals surface area contributed by atoms with Crippen molar-refractivity contribution in [3.63, 3.8) is 0 Å². The van der Waals surface area contributed by atoms with E-state index < -0.39 is 11.3 Å². The molecule has 2 atom stereocenters. The van der Waals surface area contributed by atoms with E-state index in [2.05, 4.69) is 10.3 Å². The first-order valence-corrected chi connectivity index (χ1v) is 13.4. The van der Waals surface area contributed by atoms with Crippen molar-refractivity contribution in [2.75, 3.05) is 26.9 Å². The highest BCUT2D eigenvalue weighted by molar-refractivity contribution is 6.30. The Kier molecular flexibility index (Phi) is 7.78. The molecule has 9 heteroatoms. The molecule has 38 heavy (non-hydrogen) atoms. The van der Waals surface area contributed by atoms with Gasteiger partial charge in [-0.2, -0.15) is 0 Å². The maximum atomic E-state index is 14.0. The van der Waals surface area contributed by atoms with Crippen LogP contribution in [0.4, 0.5) is 0 Å². The van der Waals surface area contributed by atoms with E-state index in [0.717, 1.165) is 31.6 Å². The standard InChI is InChI=1S/C29H31Cl2N3O4/c1-28(36,18-33-23-11-13-38-14-12-23)20-5-10-26-25(15-20)27(35)34(17-24-9-8-22(31)16-32-24)29(26,37-2)19-3-6-21(30)7-4-19/h3-10,15-16,23,33,36H,11-14,17-18H2,1-2H3/t28?,29-/m1/s1. The molecule has 5 rings (SSSR count). The van der Waals surface area contributed by atoms with Gasteiger partial charge in [0.25, 0.3) is 5.91 Å². The molecule has 1 amide bonds. The highest BCUT2D eigenvalue weighted by Gasteiger charge is 2.52. The van der Waals surface area contributed by atoms with Crippen LogP contribution in [0.15, 0.2) is 60.8 Å². The van der Waals surface area contributed by atoms with Crippen LogP contribution >= 0.6 is 23.2 Å². The van der Waals surface area contributed by atoms with Crippen molar-refractivity contribution in [1.29, 1.82) is 0 Å². The first-order valence-electron chi connectivity index (χ1n) is 12.7. The first kappa shape index (κ1) is 27.1. The maximum Gasteiger partial charge on any atom is 0.257 e. The molecule has 2 N–H and O–H groups in total. The lowest BCUT2D eigenvalue weighted by Crippen LogP contribution is -2.45. The monoisotopic (exact) mass is 555 g/mol. The minimum absolute atomic E-state index is 0.193. The van der Waals surface area contributed by atoms with Crippen LogP contribution in [0, 0.1) is 0 Å². The van der Waals surface area contributed by atoms with Crippen molar-refractivity contribution in [1.82, 2.24) is 15.2 Å². The Morgan fingerprint density at radius 2 is 1.84 bits per heavy atom. The number of rotatable bonds is 8. The van der Waals surface area contributed by atoms with Crippen LogP contribution < -0.4 is 5.32 Å². The summed E-state index contributed by atoms with van der Waals surface area (Å²) in [5, 5.41) is 16.0. The van der Waals surface area contributed by atoms with Gasteiger partial charge in [-0.1, -0.05) is 47.5 Å². The van der Waals surface area contributed by atoms with Gasteiger partial charge in [0.2, 0.25) is 0 Å². The number of nitrogens with zero attached hydrogens (tertiary/aromatic N) is 2. The Balaban J connectivity index is 1.53. The van der Waals surface area contributed by atoms with Gasteiger partial charge >= 0.3 is 0 Å². The molecule has 3 heterocycles. The fourth-order valence-corrected chi connectivity index (χ4v) is 5.54. The number of amides is 1. The topological polar surface area (TPSA) is 83.9 Å². The van der Waals surface area contributed by atoms with Gasteiger partial charge < -0.3 is 19.9 Å². The number of carbonyl (C=O) groups is 1. The molecule has 2 aliphatic heterocycles. The molecule has 2 aromatic carbocycles. The highest BCUT2D eigenvalue weighted by atomic mass is 35.5. The van der Waals surface area contributed by atoms with Gasteiger partial charge in [0.15, 0.2) is 5.72 Å². The number of carbonyl (C=O) groups excluding carboxylic acids is 1. The Hall–Kier alpha value is -2.52. The van der Waals surface area contributed by atoms with Crippen molar-refractivity contribution in [2.45, 2.75) is 43.7 Å². The molecule has 0 saturated carbocycles. The third-order valence-corrected chi connectivity index (χ3v) is 7.93. The number of nitrogens with one attached hydrogen (secondary N) is 1. The van der Waals surface area contributed by atoms with Gasteiger partial charge in [-0.3, -0.25) is 14.7 Å². The second-order valence-corrected chi connectivity index (χ2v) is 10.9. The van der Waals surface area contributed by atoms with Gasteiger partial charge in [-0.05, 0) is 55.7 Å². The smallest absolute Gasteiger partial charge is 0.257 e. The van der Waals surface area contributed by atoms with Gasteiger partial charge in [-0.25, -0.2) is 0 Å². The lowest BCUT2D eigenvalue weighted by atomic mass is 9.88. The molecule has 2 aliphatic rings. The third kappa shape index (κ3) is 5.07. The molecule has 1 fully saturated rings.